The highest BCUT2D eigenvalue weighted by Gasteiger charge is 2.29. The van der Waals surface area contributed by atoms with Crippen LogP contribution in [0.15, 0.2) is 23.1 Å². The number of methoxy groups -OCH3 is 1. The molecule has 8 heteroatoms. The summed E-state index contributed by atoms with van der Waals surface area (Å²) in [6.45, 7) is 5.13. The van der Waals surface area contributed by atoms with E-state index in [0.717, 1.165) is 32.5 Å². The van der Waals surface area contributed by atoms with Crippen molar-refractivity contribution >= 4 is 10.0 Å². The molecule has 1 aromatic carbocycles. The van der Waals surface area contributed by atoms with Gasteiger partial charge in [-0.15, -0.1) is 0 Å². The van der Waals surface area contributed by atoms with Crippen molar-refractivity contribution in [2.75, 3.05) is 60.2 Å². The van der Waals surface area contributed by atoms with Crippen LogP contribution in [0.1, 0.15) is 12.8 Å². The molecule has 2 heterocycles. The van der Waals surface area contributed by atoms with Gasteiger partial charge in [0.1, 0.15) is 0 Å². The van der Waals surface area contributed by atoms with Crippen LogP contribution >= 0.6 is 0 Å². The van der Waals surface area contributed by atoms with Crippen molar-refractivity contribution in [2.24, 2.45) is 5.92 Å². The molecular formula is C18H28N2O5S. The Labute approximate surface area is 155 Å². The number of ether oxygens (including phenoxy) is 3. The van der Waals surface area contributed by atoms with Crippen LogP contribution in [-0.4, -0.2) is 77.8 Å². The van der Waals surface area contributed by atoms with Crippen LogP contribution in [0.5, 0.6) is 11.5 Å². The molecule has 2 aliphatic rings. The van der Waals surface area contributed by atoms with E-state index in [1.807, 2.05) is 0 Å². The van der Waals surface area contributed by atoms with Gasteiger partial charge in [0, 0.05) is 46.3 Å². The zero-order valence-electron chi connectivity index (χ0n) is 15.5. The number of hydrogen-bond acceptors (Lipinski definition) is 6. The maximum absolute atomic E-state index is 12.9. The van der Waals surface area contributed by atoms with Crippen molar-refractivity contribution in [2.45, 2.75) is 17.7 Å². The molecule has 1 atom stereocenters. The fraction of sp³-hybridized carbons (Fsp3) is 0.667. The van der Waals surface area contributed by atoms with Crippen molar-refractivity contribution in [1.82, 2.24) is 9.21 Å². The number of nitrogens with zero attached hydrogens (tertiary/aromatic N) is 2. The van der Waals surface area contributed by atoms with Crippen LogP contribution in [0.4, 0.5) is 0 Å². The Morgan fingerprint density at radius 2 is 2.04 bits per heavy atom. The molecule has 0 unspecified atom stereocenters. The van der Waals surface area contributed by atoms with E-state index in [2.05, 4.69) is 4.90 Å². The molecule has 1 aromatic rings. The Morgan fingerprint density at radius 3 is 2.81 bits per heavy atom. The zero-order chi connectivity index (χ0) is 18.6. The molecule has 0 N–H and O–H groups in total. The topological polar surface area (TPSA) is 68.3 Å². The summed E-state index contributed by atoms with van der Waals surface area (Å²) in [7, 11) is -0.205. The van der Waals surface area contributed by atoms with Gasteiger partial charge in [-0.2, -0.15) is 0 Å². The molecule has 0 aromatic heterocycles. The molecule has 146 valence electrons. The number of hydrogen-bond donors (Lipinski definition) is 0. The van der Waals surface area contributed by atoms with E-state index in [-0.39, 0.29) is 4.90 Å². The van der Waals surface area contributed by atoms with E-state index < -0.39 is 10.0 Å². The Morgan fingerprint density at radius 1 is 1.27 bits per heavy atom. The van der Waals surface area contributed by atoms with Crippen LogP contribution < -0.4 is 9.47 Å². The second kappa shape index (κ2) is 8.56. The lowest BCUT2D eigenvalue weighted by molar-refractivity contribution is 0.158. The molecule has 3 rings (SSSR count). The Kier molecular flexibility index (Phi) is 6.39. The minimum Gasteiger partial charge on any atom is -0.490 e. The first kappa shape index (κ1) is 19.4. The zero-order valence-corrected chi connectivity index (χ0v) is 16.3. The summed E-state index contributed by atoms with van der Waals surface area (Å²) in [5.41, 5.74) is 0. The molecular weight excluding hydrogens is 356 g/mol. The highest BCUT2D eigenvalue weighted by Crippen LogP contribution is 2.33. The molecule has 26 heavy (non-hydrogen) atoms. The van der Waals surface area contributed by atoms with E-state index in [1.165, 1.54) is 4.31 Å². The van der Waals surface area contributed by atoms with Gasteiger partial charge in [-0.25, -0.2) is 12.7 Å². The fourth-order valence-electron chi connectivity index (χ4n) is 3.43. The van der Waals surface area contributed by atoms with Crippen molar-refractivity contribution in [3.05, 3.63) is 18.2 Å². The lowest BCUT2D eigenvalue weighted by atomic mass is 10.1. The third kappa shape index (κ3) is 4.49. The SMILES string of the molecule is COCCN1CC[C@H](CN(C)S(=O)(=O)c2ccc3c(c2)OCCCO3)C1. The molecule has 0 bridgehead atoms. The maximum atomic E-state index is 12.9. The largest absolute Gasteiger partial charge is 0.490 e. The van der Waals surface area contributed by atoms with Gasteiger partial charge < -0.3 is 19.1 Å². The van der Waals surface area contributed by atoms with Gasteiger partial charge in [-0.1, -0.05) is 0 Å². The Bertz CT molecular complexity index is 710. The van der Waals surface area contributed by atoms with Gasteiger partial charge in [0.2, 0.25) is 10.0 Å². The maximum Gasteiger partial charge on any atom is 0.242 e. The van der Waals surface area contributed by atoms with Crippen LogP contribution in [0.2, 0.25) is 0 Å². The first-order valence-electron chi connectivity index (χ1n) is 9.08. The molecule has 0 aliphatic carbocycles. The average Bonchev–Trinajstić information content (AvgIpc) is 2.93. The molecule has 0 radical (unpaired) electrons. The molecule has 7 nitrogen and oxygen atoms in total. The molecule has 1 saturated heterocycles. The summed E-state index contributed by atoms with van der Waals surface area (Å²) < 4.78 is 43.7. The standard InChI is InChI=1S/C18H28N2O5S/c1-19(13-15-6-7-20(14-15)8-11-23-2)26(21,22)16-4-5-17-18(12-16)25-10-3-9-24-17/h4-5,12,15H,3,6-11,13-14H2,1-2H3/t15-/m1/s1. The summed E-state index contributed by atoms with van der Waals surface area (Å²) in [6, 6.07) is 4.86. The summed E-state index contributed by atoms with van der Waals surface area (Å²) in [5, 5.41) is 0. The summed E-state index contributed by atoms with van der Waals surface area (Å²) in [6.07, 6.45) is 1.79. The quantitative estimate of drug-likeness (QED) is 0.709. The molecule has 1 fully saturated rings. The van der Waals surface area contributed by atoms with Gasteiger partial charge in [0.25, 0.3) is 0 Å². The van der Waals surface area contributed by atoms with E-state index in [1.54, 1.807) is 32.4 Å². The first-order valence-corrected chi connectivity index (χ1v) is 10.5. The minimum absolute atomic E-state index is 0.249. The number of rotatable bonds is 7. The van der Waals surface area contributed by atoms with E-state index in [9.17, 15) is 8.42 Å². The number of fused-ring (bicyclic) bond motifs is 1. The monoisotopic (exact) mass is 384 g/mol. The molecule has 0 saturated carbocycles. The van der Waals surface area contributed by atoms with Crippen molar-refractivity contribution < 1.29 is 22.6 Å². The van der Waals surface area contributed by atoms with Crippen LogP contribution in [-0.2, 0) is 14.8 Å². The van der Waals surface area contributed by atoms with Gasteiger partial charge >= 0.3 is 0 Å². The van der Waals surface area contributed by atoms with Crippen molar-refractivity contribution in [3.8, 4) is 11.5 Å². The van der Waals surface area contributed by atoms with E-state index >= 15 is 0 Å². The third-order valence-corrected chi connectivity index (χ3v) is 6.74. The predicted molar refractivity (Wildman–Crippen MR) is 98.3 cm³/mol. The smallest absolute Gasteiger partial charge is 0.242 e. The Balaban J connectivity index is 1.65. The average molecular weight is 384 g/mol. The summed E-state index contributed by atoms with van der Waals surface area (Å²) in [5.74, 6) is 1.45. The molecule has 0 amide bonds. The molecule has 0 spiro atoms. The van der Waals surface area contributed by atoms with E-state index in [4.69, 9.17) is 14.2 Å². The van der Waals surface area contributed by atoms with Gasteiger partial charge in [0.05, 0.1) is 24.7 Å². The van der Waals surface area contributed by atoms with E-state index in [0.29, 0.717) is 43.8 Å². The highest BCUT2D eigenvalue weighted by molar-refractivity contribution is 7.89. The second-order valence-corrected chi connectivity index (χ2v) is 8.94. The lowest BCUT2D eigenvalue weighted by Gasteiger charge is -2.22. The number of likely N-dealkylation sites (tertiary alicyclic amines) is 1. The predicted octanol–water partition coefficient (Wildman–Crippen LogP) is 1.44. The first-order chi connectivity index (χ1) is 12.5. The summed E-state index contributed by atoms with van der Waals surface area (Å²) in [4.78, 5) is 2.57. The summed E-state index contributed by atoms with van der Waals surface area (Å²) >= 11 is 0. The van der Waals surface area contributed by atoms with Gasteiger partial charge in [-0.05, 0) is 31.0 Å². The normalized spacial score (nSPS) is 21.1. The van der Waals surface area contributed by atoms with Crippen molar-refractivity contribution in [3.63, 3.8) is 0 Å². The minimum atomic E-state index is -3.55. The molecule has 2 aliphatic heterocycles. The fourth-order valence-corrected chi connectivity index (χ4v) is 4.69. The van der Waals surface area contributed by atoms with Crippen LogP contribution in [0.3, 0.4) is 0 Å². The number of benzene rings is 1. The highest BCUT2D eigenvalue weighted by atomic mass is 32.2. The van der Waals surface area contributed by atoms with Crippen LogP contribution in [0.25, 0.3) is 0 Å². The van der Waals surface area contributed by atoms with Crippen LogP contribution in [0, 0.1) is 5.92 Å². The second-order valence-electron chi connectivity index (χ2n) is 6.89. The van der Waals surface area contributed by atoms with Gasteiger partial charge in [-0.3, -0.25) is 0 Å². The third-order valence-electron chi connectivity index (χ3n) is 4.92. The number of sulfonamides is 1. The lowest BCUT2D eigenvalue weighted by Crippen LogP contribution is -2.33. The van der Waals surface area contributed by atoms with Gasteiger partial charge in [0.15, 0.2) is 11.5 Å². The van der Waals surface area contributed by atoms with Crippen molar-refractivity contribution in [1.29, 1.82) is 0 Å². The Hall–Kier alpha value is -1.35.